The second-order valence-corrected chi connectivity index (χ2v) is 10.9. The van der Waals surface area contributed by atoms with Crippen LogP contribution in [0, 0.1) is 0 Å². The molecule has 8 nitrogen and oxygen atoms in total. The van der Waals surface area contributed by atoms with Crippen LogP contribution >= 0.6 is 23.2 Å². The van der Waals surface area contributed by atoms with Crippen LogP contribution in [0.1, 0.15) is 36.7 Å². The third-order valence-corrected chi connectivity index (χ3v) is 6.24. The summed E-state index contributed by atoms with van der Waals surface area (Å²) in [5.41, 5.74) is 0.656. The molecule has 2 N–H and O–H groups in total. The van der Waals surface area contributed by atoms with Gasteiger partial charge in [0.05, 0.1) is 28.5 Å². The first-order valence-electron chi connectivity index (χ1n) is 10.0. The highest BCUT2D eigenvalue weighted by Gasteiger charge is 2.20. The minimum absolute atomic E-state index is 0.0138. The molecule has 2 aromatic carbocycles. The molecule has 11 heteroatoms. The summed E-state index contributed by atoms with van der Waals surface area (Å²) in [7, 11) is -3.64. The number of carbonyl (C=O) groups is 2. The Balaban J connectivity index is 2.02. The number of benzene rings is 2. The third kappa shape index (κ3) is 8.42. The second-order valence-electron chi connectivity index (χ2n) is 8.21. The van der Waals surface area contributed by atoms with E-state index in [1.165, 1.54) is 28.6 Å². The number of sulfonamides is 1. The van der Waals surface area contributed by atoms with Crippen LogP contribution in [0.4, 0.5) is 10.5 Å². The molecule has 0 saturated carbocycles. The molecule has 0 aromatic heterocycles. The predicted octanol–water partition coefficient (Wildman–Crippen LogP) is 4.21. The minimum atomic E-state index is -3.64. The maximum atomic E-state index is 12.4. The minimum Gasteiger partial charge on any atom is -0.444 e. The van der Waals surface area contributed by atoms with Crippen LogP contribution in [-0.2, 0) is 21.3 Å². The summed E-state index contributed by atoms with van der Waals surface area (Å²) >= 11 is 12.2. The van der Waals surface area contributed by atoms with Crippen molar-refractivity contribution < 1.29 is 22.7 Å². The second kappa shape index (κ2) is 11.1. The van der Waals surface area contributed by atoms with Gasteiger partial charge < -0.3 is 15.4 Å². The molecule has 2 rings (SSSR count). The summed E-state index contributed by atoms with van der Waals surface area (Å²) in [6.45, 7) is 5.65. The summed E-state index contributed by atoms with van der Waals surface area (Å²) in [5.74, 6) is -0.365. The van der Waals surface area contributed by atoms with E-state index < -0.39 is 21.7 Å². The smallest absolute Gasteiger partial charge is 0.407 e. The molecule has 0 fully saturated rings. The molecular formula is C22H27Cl2N3O5S. The Hall–Kier alpha value is -2.49. The van der Waals surface area contributed by atoms with Crippen molar-refractivity contribution in [1.29, 1.82) is 0 Å². The molecular weight excluding hydrogens is 489 g/mol. The molecule has 0 atom stereocenters. The summed E-state index contributed by atoms with van der Waals surface area (Å²) < 4.78 is 31.1. The average Bonchev–Trinajstić information content (AvgIpc) is 2.70. The first kappa shape index (κ1) is 26.8. The Morgan fingerprint density at radius 3 is 2.18 bits per heavy atom. The Kier molecular flexibility index (Phi) is 8.99. The first-order chi connectivity index (χ1) is 15.3. The number of halogens is 2. The van der Waals surface area contributed by atoms with Gasteiger partial charge in [-0.25, -0.2) is 13.2 Å². The highest BCUT2D eigenvalue weighted by molar-refractivity contribution is 7.92. The van der Waals surface area contributed by atoms with Gasteiger partial charge in [-0.1, -0.05) is 35.3 Å². The van der Waals surface area contributed by atoms with E-state index in [-0.39, 0.29) is 30.6 Å². The topological polar surface area (TPSA) is 105 Å². The molecule has 0 unspecified atom stereocenters. The number of rotatable bonds is 8. The van der Waals surface area contributed by atoms with E-state index in [1.807, 2.05) is 0 Å². The van der Waals surface area contributed by atoms with Crippen molar-refractivity contribution in [3.8, 4) is 0 Å². The van der Waals surface area contributed by atoms with Crippen molar-refractivity contribution in [2.45, 2.75) is 32.9 Å². The average molecular weight is 516 g/mol. The molecule has 0 spiro atoms. The van der Waals surface area contributed by atoms with Gasteiger partial charge >= 0.3 is 6.09 Å². The van der Waals surface area contributed by atoms with Gasteiger partial charge in [0.2, 0.25) is 10.0 Å². The van der Waals surface area contributed by atoms with E-state index >= 15 is 0 Å². The molecule has 0 aliphatic rings. The number of carbonyl (C=O) groups excluding carboxylic acids is 2. The molecule has 180 valence electrons. The molecule has 0 saturated heterocycles. The SMILES string of the molecule is CC(C)(C)OC(=O)NCCNC(=O)c1ccc(N(Cc2cccc(Cl)c2Cl)S(C)(=O)=O)cc1. The molecule has 2 amide bonds. The molecule has 0 radical (unpaired) electrons. The van der Waals surface area contributed by atoms with E-state index in [1.54, 1.807) is 39.0 Å². The quantitative estimate of drug-likeness (QED) is 0.512. The van der Waals surface area contributed by atoms with Gasteiger partial charge in [-0.05, 0) is 56.7 Å². The number of anilines is 1. The predicted molar refractivity (Wildman–Crippen MR) is 131 cm³/mol. The van der Waals surface area contributed by atoms with Gasteiger partial charge in [-0.2, -0.15) is 0 Å². The zero-order chi connectivity index (χ0) is 24.8. The lowest BCUT2D eigenvalue weighted by Crippen LogP contribution is -2.37. The summed E-state index contributed by atoms with van der Waals surface area (Å²) in [5, 5.41) is 5.84. The van der Waals surface area contributed by atoms with Crippen molar-refractivity contribution in [2.75, 3.05) is 23.7 Å². The monoisotopic (exact) mass is 515 g/mol. The van der Waals surface area contributed by atoms with Crippen molar-refractivity contribution in [3.63, 3.8) is 0 Å². The normalized spacial score (nSPS) is 11.6. The van der Waals surface area contributed by atoms with Gasteiger partial charge in [0.25, 0.3) is 5.91 Å². The van der Waals surface area contributed by atoms with E-state index in [0.717, 1.165) is 6.26 Å². The standard InChI is InChI=1S/C22H27Cl2N3O5S/c1-22(2,3)32-21(29)26-13-12-25-20(28)15-8-10-17(11-9-15)27(33(4,30)31)14-16-6-5-7-18(23)19(16)24/h5-11H,12-14H2,1-4H3,(H,25,28)(H,26,29). The number of ether oxygens (including phenoxy) is 1. The molecule has 0 aliphatic heterocycles. The van der Waals surface area contributed by atoms with E-state index in [2.05, 4.69) is 10.6 Å². The van der Waals surface area contributed by atoms with E-state index in [4.69, 9.17) is 27.9 Å². The Bertz CT molecular complexity index is 1100. The van der Waals surface area contributed by atoms with Gasteiger partial charge in [0, 0.05) is 18.7 Å². The molecule has 0 bridgehead atoms. The Morgan fingerprint density at radius 2 is 1.61 bits per heavy atom. The van der Waals surface area contributed by atoms with Crippen LogP contribution in [0.3, 0.4) is 0 Å². The maximum Gasteiger partial charge on any atom is 0.407 e. The van der Waals surface area contributed by atoms with E-state index in [0.29, 0.717) is 21.8 Å². The Morgan fingerprint density at radius 1 is 1.00 bits per heavy atom. The van der Waals surface area contributed by atoms with Crippen molar-refractivity contribution in [1.82, 2.24) is 10.6 Å². The lowest BCUT2D eigenvalue weighted by Gasteiger charge is -2.23. The molecule has 0 aliphatic carbocycles. The third-order valence-electron chi connectivity index (χ3n) is 4.24. The largest absolute Gasteiger partial charge is 0.444 e. The van der Waals surface area contributed by atoms with Crippen molar-refractivity contribution in [2.24, 2.45) is 0 Å². The number of nitrogens with zero attached hydrogens (tertiary/aromatic N) is 1. The van der Waals surface area contributed by atoms with Crippen LogP contribution in [0.25, 0.3) is 0 Å². The van der Waals surface area contributed by atoms with Crippen LogP contribution in [0.15, 0.2) is 42.5 Å². The van der Waals surface area contributed by atoms with Crippen LogP contribution < -0.4 is 14.9 Å². The highest BCUT2D eigenvalue weighted by atomic mass is 35.5. The number of hydrogen-bond donors (Lipinski definition) is 2. The van der Waals surface area contributed by atoms with Crippen LogP contribution in [0.5, 0.6) is 0 Å². The molecule has 33 heavy (non-hydrogen) atoms. The molecule has 0 heterocycles. The highest BCUT2D eigenvalue weighted by Crippen LogP contribution is 2.29. The van der Waals surface area contributed by atoms with Crippen molar-refractivity contribution in [3.05, 3.63) is 63.6 Å². The number of amides is 2. The van der Waals surface area contributed by atoms with E-state index in [9.17, 15) is 18.0 Å². The lowest BCUT2D eigenvalue weighted by molar-refractivity contribution is 0.0526. The number of nitrogens with one attached hydrogen (secondary N) is 2. The fourth-order valence-electron chi connectivity index (χ4n) is 2.76. The fourth-order valence-corrected chi connectivity index (χ4v) is 4.02. The van der Waals surface area contributed by atoms with Crippen molar-refractivity contribution >= 4 is 50.9 Å². The fraction of sp³-hybridized carbons (Fsp3) is 0.364. The van der Waals surface area contributed by atoms with Gasteiger partial charge in [-0.15, -0.1) is 0 Å². The first-order valence-corrected chi connectivity index (χ1v) is 12.6. The summed E-state index contributed by atoms with van der Waals surface area (Å²) in [4.78, 5) is 24.0. The zero-order valence-electron chi connectivity index (χ0n) is 18.8. The van der Waals surface area contributed by atoms with Gasteiger partial charge in [-0.3, -0.25) is 9.10 Å². The lowest BCUT2D eigenvalue weighted by atomic mass is 10.1. The molecule has 2 aromatic rings. The van der Waals surface area contributed by atoms with Crippen LogP contribution in [0.2, 0.25) is 10.0 Å². The number of hydrogen-bond acceptors (Lipinski definition) is 5. The Labute approximate surface area is 204 Å². The zero-order valence-corrected chi connectivity index (χ0v) is 21.1. The van der Waals surface area contributed by atoms with Crippen LogP contribution in [-0.4, -0.2) is 45.4 Å². The summed E-state index contributed by atoms with van der Waals surface area (Å²) in [6, 6.07) is 11.1. The van der Waals surface area contributed by atoms with Gasteiger partial charge in [0.15, 0.2) is 0 Å². The summed E-state index contributed by atoms with van der Waals surface area (Å²) in [6.07, 6.45) is 0.519. The maximum absolute atomic E-state index is 12.4. The van der Waals surface area contributed by atoms with Gasteiger partial charge in [0.1, 0.15) is 5.60 Å². The number of alkyl carbamates (subject to hydrolysis) is 1.